The van der Waals surface area contributed by atoms with Crippen molar-refractivity contribution < 1.29 is 19.4 Å². The average molecular weight is 434 g/mol. The van der Waals surface area contributed by atoms with Crippen LogP contribution in [0.25, 0.3) is 0 Å². The molecule has 0 aliphatic rings. The molecule has 0 unspecified atom stereocenters. The van der Waals surface area contributed by atoms with E-state index in [1.165, 1.54) is 36.4 Å². The van der Waals surface area contributed by atoms with Crippen LogP contribution in [0.1, 0.15) is 11.1 Å². The van der Waals surface area contributed by atoms with Crippen molar-refractivity contribution in [3.05, 3.63) is 104 Å². The first-order valence-electron chi connectivity index (χ1n) is 9.48. The number of nitrogens with one attached hydrogen (secondary N) is 2. The van der Waals surface area contributed by atoms with E-state index < -0.39 is 21.7 Å². The zero-order valence-electron chi connectivity index (χ0n) is 16.7. The third-order valence-corrected chi connectivity index (χ3v) is 4.55. The summed E-state index contributed by atoms with van der Waals surface area (Å²) in [5.74, 6) is -1.00. The van der Waals surface area contributed by atoms with Gasteiger partial charge in [-0.1, -0.05) is 48.5 Å². The van der Waals surface area contributed by atoms with Gasteiger partial charge in [0.15, 0.2) is 0 Å². The summed E-state index contributed by atoms with van der Waals surface area (Å²) >= 11 is 0. The van der Waals surface area contributed by atoms with Gasteiger partial charge in [0.05, 0.1) is 34.1 Å². The number of hydrogen-bond donors (Lipinski definition) is 2. The van der Waals surface area contributed by atoms with Crippen molar-refractivity contribution in [1.29, 1.82) is 0 Å². The van der Waals surface area contributed by atoms with Crippen molar-refractivity contribution in [2.24, 2.45) is 0 Å². The number of nitro groups is 2. The monoisotopic (exact) mass is 434 g/mol. The number of nitrogens with zero attached hydrogens (tertiary/aromatic N) is 2. The Morgan fingerprint density at radius 1 is 0.625 bits per heavy atom. The summed E-state index contributed by atoms with van der Waals surface area (Å²) in [5, 5.41) is 27.6. The maximum Gasteiger partial charge on any atom is 0.273 e. The summed E-state index contributed by atoms with van der Waals surface area (Å²) in [6.07, 6.45) is -0.453. The maximum atomic E-state index is 12.5. The molecular formula is C22H18N4O6. The van der Waals surface area contributed by atoms with Crippen molar-refractivity contribution >= 4 is 34.6 Å². The highest BCUT2D eigenvalue weighted by Crippen LogP contribution is 2.24. The molecule has 0 aliphatic carbocycles. The second kappa shape index (κ2) is 9.94. The second-order valence-electron chi connectivity index (χ2n) is 6.77. The molecule has 0 aliphatic heterocycles. The zero-order valence-corrected chi connectivity index (χ0v) is 16.7. The highest BCUT2D eigenvalue weighted by Gasteiger charge is 2.18. The quantitative estimate of drug-likeness (QED) is 0.407. The Kier molecular flexibility index (Phi) is 6.86. The van der Waals surface area contributed by atoms with Crippen LogP contribution in [0, 0.1) is 20.2 Å². The van der Waals surface area contributed by atoms with E-state index in [9.17, 15) is 29.8 Å². The topological polar surface area (TPSA) is 144 Å². The molecule has 2 amide bonds. The van der Waals surface area contributed by atoms with Gasteiger partial charge in [-0.25, -0.2) is 0 Å². The van der Waals surface area contributed by atoms with Gasteiger partial charge in [-0.15, -0.1) is 0 Å². The zero-order chi connectivity index (χ0) is 23.1. The van der Waals surface area contributed by atoms with Gasteiger partial charge in [0.1, 0.15) is 0 Å². The van der Waals surface area contributed by atoms with Crippen LogP contribution in [0.2, 0.25) is 0 Å². The smallest absolute Gasteiger partial charge is 0.273 e. The van der Waals surface area contributed by atoms with Crippen LogP contribution in [0.15, 0.2) is 72.8 Å². The van der Waals surface area contributed by atoms with Crippen molar-refractivity contribution in [3.63, 3.8) is 0 Å². The summed E-state index contributed by atoms with van der Waals surface area (Å²) in [5.41, 5.74) is 0.794. The Labute approximate surface area is 182 Å². The maximum absolute atomic E-state index is 12.5. The van der Waals surface area contributed by atoms with Gasteiger partial charge in [-0.3, -0.25) is 29.8 Å². The number of carbonyl (C=O) groups excluding carboxylic acids is 2. The van der Waals surface area contributed by atoms with Crippen molar-refractivity contribution in [3.8, 4) is 0 Å². The molecule has 2 N–H and O–H groups in total. The lowest BCUT2D eigenvalue weighted by atomic mass is 10.1. The number of carbonyl (C=O) groups is 2. The Balaban J connectivity index is 1.71. The standard InChI is InChI=1S/C22H18N4O6/c27-21(13-15-7-1-5-11-19(15)25(29)30)23-17-9-3-4-10-18(17)24-22(28)14-16-8-2-6-12-20(16)26(31)32/h1-12H,13-14H2,(H,23,27)(H,24,28). The SMILES string of the molecule is O=C(Cc1ccccc1[N+](=O)[O-])Nc1ccccc1NC(=O)Cc1ccccc1[N+](=O)[O-]. The summed E-state index contributed by atoms with van der Waals surface area (Å²) in [4.78, 5) is 46.1. The molecule has 3 aromatic rings. The van der Waals surface area contributed by atoms with E-state index in [1.807, 2.05) is 0 Å². The lowest BCUT2D eigenvalue weighted by molar-refractivity contribution is -0.385. The fourth-order valence-electron chi connectivity index (χ4n) is 3.11. The van der Waals surface area contributed by atoms with Crippen LogP contribution < -0.4 is 10.6 Å². The highest BCUT2D eigenvalue weighted by atomic mass is 16.6. The molecule has 3 rings (SSSR count). The fraction of sp³-hybridized carbons (Fsp3) is 0.0909. The van der Waals surface area contributed by atoms with E-state index in [-0.39, 0.29) is 35.3 Å². The summed E-state index contributed by atoms with van der Waals surface area (Å²) < 4.78 is 0. The number of anilines is 2. The highest BCUT2D eigenvalue weighted by molar-refractivity contribution is 6.00. The van der Waals surface area contributed by atoms with Crippen molar-refractivity contribution in [2.75, 3.05) is 10.6 Å². The van der Waals surface area contributed by atoms with Crippen LogP contribution >= 0.6 is 0 Å². The first-order chi connectivity index (χ1) is 15.3. The second-order valence-corrected chi connectivity index (χ2v) is 6.77. The van der Waals surface area contributed by atoms with Gasteiger partial charge in [-0.2, -0.15) is 0 Å². The molecule has 0 fully saturated rings. The number of rotatable bonds is 8. The lowest BCUT2D eigenvalue weighted by Gasteiger charge is -2.12. The Bertz CT molecular complexity index is 1100. The molecule has 0 saturated carbocycles. The largest absolute Gasteiger partial charge is 0.324 e. The first kappa shape index (κ1) is 22.1. The molecule has 0 spiro atoms. The molecular weight excluding hydrogens is 416 g/mol. The number of nitro benzene ring substituents is 2. The molecule has 32 heavy (non-hydrogen) atoms. The van der Waals surface area contributed by atoms with Crippen molar-refractivity contribution in [1.82, 2.24) is 0 Å². The van der Waals surface area contributed by atoms with Crippen LogP contribution in [0.4, 0.5) is 22.7 Å². The lowest BCUT2D eigenvalue weighted by Crippen LogP contribution is -2.19. The van der Waals surface area contributed by atoms with Crippen molar-refractivity contribution in [2.45, 2.75) is 12.8 Å². The molecule has 0 atom stereocenters. The van der Waals surface area contributed by atoms with Crippen LogP contribution in [-0.2, 0) is 22.4 Å². The molecule has 10 nitrogen and oxygen atoms in total. The number of amides is 2. The van der Waals surface area contributed by atoms with E-state index in [1.54, 1.807) is 36.4 Å². The minimum Gasteiger partial charge on any atom is -0.324 e. The molecule has 3 aromatic carbocycles. The van der Waals surface area contributed by atoms with E-state index in [0.717, 1.165) is 0 Å². The number of benzene rings is 3. The third-order valence-electron chi connectivity index (χ3n) is 4.55. The molecule has 0 saturated heterocycles. The first-order valence-corrected chi connectivity index (χ1v) is 9.48. The average Bonchev–Trinajstić information content (AvgIpc) is 2.75. The summed E-state index contributed by atoms with van der Waals surface area (Å²) in [7, 11) is 0. The molecule has 10 heteroatoms. The van der Waals surface area contributed by atoms with E-state index in [2.05, 4.69) is 10.6 Å². The number of hydrogen-bond acceptors (Lipinski definition) is 6. The minimum atomic E-state index is -0.556. The van der Waals surface area contributed by atoms with Gasteiger partial charge in [0, 0.05) is 23.3 Å². The Hall–Kier alpha value is -4.60. The van der Waals surface area contributed by atoms with Crippen LogP contribution in [-0.4, -0.2) is 21.7 Å². The minimum absolute atomic E-state index is 0.159. The Morgan fingerprint density at radius 2 is 0.969 bits per heavy atom. The van der Waals surface area contributed by atoms with E-state index >= 15 is 0 Å². The molecule has 0 aromatic heterocycles. The molecule has 0 heterocycles. The molecule has 0 radical (unpaired) electrons. The van der Waals surface area contributed by atoms with Crippen LogP contribution in [0.5, 0.6) is 0 Å². The van der Waals surface area contributed by atoms with Crippen LogP contribution in [0.3, 0.4) is 0 Å². The van der Waals surface area contributed by atoms with Gasteiger partial charge in [-0.05, 0) is 12.1 Å². The normalized spacial score (nSPS) is 10.2. The number of para-hydroxylation sites is 4. The predicted octanol–water partition coefficient (Wildman–Crippen LogP) is 3.87. The molecule has 0 bridgehead atoms. The van der Waals surface area contributed by atoms with Gasteiger partial charge >= 0.3 is 0 Å². The van der Waals surface area contributed by atoms with Gasteiger partial charge < -0.3 is 10.6 Å². The van der Waals surface area contributed by atoms with E-state index in [0.29, 0.717) is 11.4 Å². The predicted molar refractivity (Wildman–Crippen MR) is 117 cm³/mol. The summed E-state index contributed by atoms with van der Waals surface area (Å²) in [6, 6.07) is 18.3. The molecule has 162 valence electrons. The van der Waals surface area contributed by atoms with E-state index in [4.69, 9.17) is 0 Å². The Morgan fingerprint density at radius 3 is 1.34 bits per heavy atom. The fourth-order valence-corrected chi connectivity index (χ4v) is 3.11. The van der Waals surface area contributed by atoms with Gasteiger partial charge in [0.2, 0.25) is 11.8 Å². The third kappa shape index (κ3) is 5.51. The summed E-state index contributed by atoms with van der Waals surface area (Å²) in [6.45, 7) is 0. The van der Waals surface area contributed by atoms with Gasteiger partial charge in [0.25, 0.3) is 11.4 Å².